The molecule has 0 aliphatic heterocycles. The second-order valence-corrected chi connectivity index (χ2v) is 6.24. The molecule has 0 saturated heterocycles. The summed E-state index contributed by atoms with van der Waals surface area (Å²) in [5, 5.41) is 9.07. The van der Waals surface area contributed by atoms with E-state index in [-0.39, 0.29) is 23.5 Å². The molecule has 0 aliphatic carbocycles. The molecular weight excluding hydrogens is 402 g/mol. The van der Waals surface area contributed by atoms with E-state index >= 15 is 0 Å². The predicted molar refractivity (Wildman–Crippen MR) is 112 cm³/mol. The van der Waals surface area contributed by atoms with E-state index in [0.29, 0.717) is 23.5 Å². The first-order chi connectivity index (χ1) is 14.9. The fraction of sp³-hybridized carbons (Fsp3) is 0.261. The quantitative estimate of drug-likeness (QED) is 0.261. The number of hydrogen-bond acceptors (Lipinski definition) is 8. The van der Waals surface area contributed by atoms with Gasteiger partial charge in [-0.05, 0) is 47.9 Å². The van der Waals surface area contributed by atoms with E-state index in [2.05, 4.69) is 4.74 Å². The number of rotatable bonds is 9. The van der Waals surface area contributed by atoms with Gasteiger partial charge in [-0.15, -0.1) is 0 Å². The Morgan fingerprint density at radius 2 is 1.55 bits per heavy atom. The molecule has 2 aromatic carbocycles. The molecule has 0 aliphatic rings. The van der Waals surface area contributed by atoms with Gasteiger partial charge in [-0.3, -0.25) is 4.79 Å². The highest BCUT2D eigenvalue weighted by Crippen LogP contribution is 2.30. The van der Waals surface area contributed by atoms with Gasteiger partial charge in [0, 0.05) is 6.42 Å². The highest BCUT2D eigenvalue weighted by atomic mass is 16.6. The summed E-state index contributed by atoms with van der Waals surface area (Å²) in [7, 11) is 5.72. The van der Waals surface area contributed by atoms with Crippen LogP contribution < -0.4 is 18.9 Å². The third-order valence-electron chi connectivity index (χ3n) is 4.31. The normalized spacial score (nSPS) is 10.6. The van der Waals surface area contributed by atoms with Crippen LogP contribution in [-0.2, 0) is 20.7 Å². The van der Waals surface area contributed by atoms with Gasteiger partial charge in [-0.1, -0.05) is 12.1 Å². The zero-order valence-electron chi connectivity index (χ0n) is 17.8. The summed E-state index contributed by atoms with van der Waals surface area (Å²) in [6.45, 7) is 0. The number of nitriles is 1. The van der Waals surface area contributed by atoms with E-state index in [1.165, 1.54) is 26.4 Å². The van der Waals surface area contributed by atoms with Gasteiger partial charge in [0.1, 0.15) is 11.6 Å². The largest absolute Gasteiger partial charge is 0.493 e. The van der Waals surface area contributed by atoms with Crippen molar-refractivity contribution in [1.82, 2.24) is 0 Å². The van der Waals surface area contributed by atoms with Crippen LogP contribution in [0.3, 0.4) is 0 Å². The van der Waals surface area contributed by atoms with Gasteiger partial charge in [0.05, 0.1) is 28.4 Å². The van der Waals surface area contributed by atoms with E-state index in [4.69, 9.17) is 24.2 Å². The Labute approximate surface area is 180 Å². The lowest BCUT2D eigenvalue weighted by atomic mass is 10.1. The van der Waals surface area contributed by atoms with Crippen LogP contribution in [0.5, 0.6) is 23.0 Å². The molecule has 8 heteroatoms. The Kier molecular flexibility index (Phi) is 8.46. The highest BCUT2D eigenvalue weighted by Gasteiger charge is 2.14. The van der Waals surface area contributed by atoms with Crippen molar-refractivity contribution >= 4 is 18.0 Å². The molecule has 31 heavy (non-hydrogen) atoms. The monoisotopic (exact) mass is 425 g/mol. The zero-order chi connectivity index (χ0) is 22.8. The first-order valence-electron chi connectivity index (χ1n) is 9.25. The summed E-state index contributed by atoms with van der Waals surface area (Å²) in [5.74, 6) is 0.529. The van der Waals surface area contributed by atoms with Crippen LogP contribution >= 0.6 is 0 Å². The zero-order valence-corrected chi connectivity index (χ0v) is 17.8. The van der Waals surface area contributed by atoms with Crippen molar-refractivity contribution in [1.29, 1.82) is 5.26 Å². The van der Waals surface area contributed by atoms with Gasteiger partial charge in [-0.2, -0.15) is 5.26 Å². The minimum Gasteiger partial charge on any atom is -0.493 e. The third kappa shape index (κ3) is 6.24. The van der Waals surface area contributed by atoms with Gasteiger partial charge < -0.3 is 23.7 Å². The third-order valence-corrected chi connectivity index (χ3v) is 4.31. The first-order valence-corrected chi connectivity index (χ1v) is 9.25. The van der Waals surface area contributed by atoms with Crippen molar-refractivity contribution in [2.45, 2.75) is 12.8 Å². The van der Waals surface area contributed by atoms with Crippen LogP contribution in [0.25, 0.3) is 6.08 Å². The standard InChI is InChI=1S/C23H23NO7/c1-27-18-8-5-15(12-20(18)28-2)7-10-22(25)31-19-9-6-16(13-21(19)29-3)11-17(14-24)23(26)30-4/h5-6,8-9,11-13H,7,10H2,1-4H3/b17-11+. The SMILES string of the molecule is COC(=O)/C(C#N)=C/c1ccc(OC(=O)CCc2ccc(OC)c(OC)c2)c(OC)c1. The Bertz CT molecular complexity index is 1020. The highest BCUT2D eigenvalue weighted by molar-refractivity contribution is 5.97. The molecule has 2 rings (SSSR count). The number of ether oxygens (including phenoxy) is 5. The lowest BCUT2D eigenvalue weighted by molar-refractivity contribution is -0.136. The van der Waals surface area contributed by atoms with Gasteiger partial charge in [-0.25, -0.2) is 4.79 Å². The molecular formula is C23H23NO7. The minimum atomic E-state index is -0.743. The second-order valence-electron chi connectivity index (χ2n) is 6.24. The molecule has 8 nitrogen and oxygen atoms in total. The Morgan fingerprint density at radius 3 is 2.16 bits per heavy atom. The average Bonchev–Trinajstić information content (AvgIpc) is 2.81. The Balaban J connectivity index is 2.08. The lowest BCUT2D eigenvalue weighted by Gasteiger charge is -2.11. The molecule has 0 bridgehead atoms. The molecule has 0 unspecified atom stereocenters. The molecule has 2 aromatic rings. The number of nitrogens with zero attached hydrogens (tertiary/aromatic N) is 1. The summed E-state index contributed by atoms with van der Waals surface area (Å²) in [6.07, 6.45) is 1.95. The van der Waals surface area contributed by atoms with Crippen LogP contribution in [0.4, 0.5) is 0 Å². The summed E-state index contributed by atoms with van der Waals surface area (Å²) in [6, 6.07) is 11.9. The molecule has 0 spiro atoms. The molecule has 0 aromatic heterocycles. The average molecular weight is 425 g/mol. The maximum Gasteiger partial charge on any atom is 0.348 e. The van der Waals surface area contributed by atoms with E-state index in [1.54, 1.807) is 38.5 Å². The maximum absolute atomic E-state index is 12.3. The minimum absolute atomic E-state index is 0.140. The summed E-state index contributed by atoms with van der Waals surface area (Å²) in [5.41, 5.74) is 1.25. The number of carbonyl (C=O) groups is 2. The fourth-order valence-corrected chi connectivity index (χ4v) is 2.73. The molecule has 0 N–H and O–H groups in total. The van der Waals surface area contributed by atoms with Crippen molar-refractivity contribution < 1.29 is 33.3 Å². The fourth-order valence-electron chi connectivity index (χ4n) is 2.73. The number of hydrogen-bond donors (Lipinski definition) is 0. The molecule has 0 saturated carbocycles. The Morgan fingerprint density at radius 1 is 0.903 bits per heavy atom. The van der Waals surface area contributed by atoms with Crippen molar-refractivity contribution in [3.63, 3.8) is 0 Å². The number of esters is 2. The van der Waals surface area contributed by atoms with E-state index in [1.807, 2.05) is 12.1 Å². The maximum atomic E-state index is 12.3. The smallest absolute Gasteiger partial charge is 0.348 e. The van der Waals surface area contributed by atoms with Crippen molar-refractivity contribution in [3.05, 3.63) is 53.1 Å². The van der Waals surface area contributed by atoms with E-state index in [0.717, 1.165) is 5.56 Å². The Hall–Kier alpha value is -3.99. The molecule has 0 heterocycles. The van der Waals surface area contributed by atoms with E-state index in [9.17, 15) is 9.59 Å². The molecule has 0 atom stereocenters. The van der Waals surface area contributed by atoms with Gasteiger partial charge in [0.15, 0.2) is 23.0 Å². The number of methoxy groups -OCH3 is 4. The van der Waals surface area contributed by atoms with Crippen LogP contribution in [0.15, 0.2) is 42.0 Å². The lowest BCUT2D eigenvalue weighted by Crippen LogP contribution is -2.10. The van der Waals surface area contributed by atoms with Crippen LogP contribution in [0.2, 0.25) is 0 Å². The number of carbonyl (C=O) groups excluding carboxylic acids is 2. The summed E-state index contributed by atoms with van der Waals surface area (Å²) < 4.78 is 25.7. The molecule has 0 amide bonds. The van der Waals surface area contributed by atoms with E-state index < -0.39 is 11.9 Å². The molecule has 162 valence electrons. The van der Waals surface area contributed by atoms with Gasteiger partial charge in [0.2, 0.25) is 0 Å². The van der Waals surface area contributed by atoms with Crippen molar-refractivity contribution in [3.8, 4) is 29.1 Å². The van der Waals surface area contributed by atoms with Crippen molar-refractivity contribution in [2.75, 3.05) is 28.4 Å². The summed E-state index contributed by atoms with van der Waals surface area (Å²) >= 11 is 0. The van der Waals surface area contributed by atoms with Crippen molar-refractivity contribution in [2.24, 2.45) is 0 Å². The molecule has 0 radical (unpaired) electrons. The predicted octanol–water partition coefficient (Wildman–Crippen LogP) is 3.33. The van der Waals surface area contributed by atoms with Crippen LogP contribution in [-0.4, -0.2) is 40.4 Å². The molecule has 0 fully saturated rings. The topological polar surface area (TPSA) is 104 Å². The van der Waals surface area contributed by atoms with Crippen LogP contribution in [0, 0.1) is 11.3 Å². The number of benzene rings is 2. The van der Waals surface area contributed by atoms with Gasteiger partial charge in [0.25, 0.3) is 0 Å². The first kappa shape index (κ1) is 23.3. The second kappa shape index (κ2) is 11.3. The van der Waals surface area contributed by atoms with Crippen LogP contribution in [0.1, 0.15) is 17.5 Å². The van der Waals surface area contributed by atoms with Gasteiger partial charge >= 0.3 is 11.9 Å². The number of aryl methyl sites for hydroxylation is 1. The summed E-state index contributed by atoms with van der Waals surface area (Å²) in [4.78, 5) is 23.9.